The average Bonchev–Trinajstić information content (AvgIpc) is 2.90. The summed E-state index contributed by atoms with van der Waals surface area (Å²) in [6.07, 6.45) is 2.71. The first kappa shape index (κ1) is 17.0. The van der Waals surface area contributed by atoms with Crippen molar-refractivity contribution in [2.45, 2.75) is 94.9 Å². The lowest BCUT2D eigenvalue weighted by Crippen LogP contribution is -2.60. The molecule has 0 aromatic rings. The van der Waals surface area contributed by atoms with Gasteiger partial charge >= 0.3 is 6.18 Å². The maximum atomic E-state index is 12.9. The van der Waals surface area contributed by atoms with E-state index >= 15 is 0 Å². The molecule has 21 heavy (non-hydrogen) atoms. The number of hydrogen-bond donors (Lipinski definition) is 2. The van der Waals surface area contributed by atoms with E-state index in [-0.39, 0.29) is 24.7 Å². The van der Waals surface area contributed by atoms with Gasteiger partial charge in [0, 0.05) is 6.04 Å². The molecular formula is C15H26F3NO2. The lowest BCUT2D eigenvalue weighted by atomic mass is 9.91. The molecule has 2 rings (SSSR count). The van der Waals surface area contributed by atoms with Crippen molar-refractivity contribution in [3.05, 3.63) is 0 Å². The Morgan fingerprint density at radius 2 is 1.67 bits per heavy atom. The molecule has 6 heteroatoms. The van der Waals surface area contributed by atoms with Crippen LogP contribution in [-0.2, 0) is 4.74 Å². The Kier molecular flexibility index (Phi) is 5.54. The van der Waals surface area contributed by atoms with Gasteiger partial charge in [-0.25, -0.2) is 0 Å². The summed E-state index contributed by atoms with van der Waals surface area (Å²) in [5, 5.41) is 12.2. The van der Waals surface area contributed by atoms with Crippen molar-refractivity contribution < 1.29 is 23.0 Å². The first-order valence-corrected chi connectivity index (χ1v) is 8.06. The largest absolute Gasteiger partial charge is 0.430 e. The molecule has 3 atom stereocenters. The summed E-state index contributed by atoms with van der Waals surface area (Å²) in [5.74, 6) is 0. The van der Waals surface area contributed by atoms with E-state index in [1.807, 2.05) is 0 Å². The number of halogens is 3. The Hall–Kier alpha value is -0.330. The zero-order valence-corrected chi connectivity index (χ0v) is 12.6. The van der Waals surface area contributed by atoms with Crippen LogP contribution in [0.2, 0.25) is 0 Å². The summed E-state index contributed by atoms with van der Waals surface area (Å²) in [6.45, 7) is 1.34. The fourth-order valence-electron chi connectivity index (χ4n) is 3.42. The summed E-state index contributed by atoms with van der Waals surface area (Å²) < 4.78 is 44.8. The Morgan fingerprint density at radius 3 is 2.24 bits per heavy atom. The van der Waals surface area contributed by atoms with Gasteiger partial charge in [-0.2, -0.15) is 13.2 Å². The van der Waals surface area contributed by atoms with E-state index in [0.29, 0.717) is 12.8 Å². The number of nitrogens with one attached hydrogen (secondary N) is 1. The van der Waals surface area contributed by atoms with Gasteiger partial charge in [0.1, 0.15) is 0 Å². The van der Waals surface area contributed by atoms with Gasteiger partial charge in [-0.3, -0.25) is 5.32 Å². The van der Waals surface area contributed by atoms with Crippen LogP contribution in [-0.4, -0.2) is 35.3 Å². The van der Waals surface area contributed by atoms with Gasteiger partial charge < -0.3 is 9.84 Å². The van der Waals surface area contributed by atoms with E-state index in [0.717, 1.165) is 25.7 Å². The molecule has 3 nitrogen and oxygen atoms in total. The minimum atomic E-state index is -4.65. The van der Waals surface area contributed by atoms with Gasteiger partial charge in [0.2, 0.25) is 5.72 Å². The topological polar surface area (TPSA) is 41.5 Å². The first-order chi connectivity index (χ1) is 9.84. The number of ether oxygens (including phenoxy) is 1. The molecule has 0 aromatic heterocycles. The second-order valence-electron chi connectivity index (χ2n) is 6.38. The number of hydrogen-bond acceptors (Lipinski definition) is 3. The second-order valence-corrected chi connectivity index (χ2v) is 6.38. The molecule has 2 saturated carbocycles. The van der Waals surface area contributed by atoms with Gasteiger partial charge in [-0.05, 0) is 44.9 Å². The second kappa shape index (κ2) is 6.84. The van der Waals surface area contributed by atoms with Crippen LogP contribution in [0.3, 0.4) is 0 Å². The molecule has 2 aliphatic rings. The van der Waals surface area contributed by atoms with Crippen molar-refractivity contribution in [1.29, 1.82) is 0 Å². The maximum Gasteiger partial charge on any atom is 0.430 e. The highest BCUT2D eigenvalue weighted by molar-refractivity contribution is 4.89. The van der Waals surface area contributed by atoms with E-state index in [4.69, 9.17) is 4.74 Å². The lowest BCUT2D eigenvalue weighted by molar-refractivity contribution is -0.277. The third kappa shape index (κ3) is 4.33. The van der Waals surface area contributed by atoms with Crippen LogP contribution in [0.15, 0.2) is 0 Å². The predicted octanol–water partition coefficient (Wildman–Crippen LogP) is 3.51. The monoisotopic (exact) mass is 309 g/mol. The summed E-state index contributed by atoms with van der Waals surface area (Å²) in [6, 6.07) is -0.336. The Bertz CT molecular complexity index is 331. The third-order valence-electron chi connectivity index (χ3n) is 4.74. The molecule has 124 valence electrons. The van der Waals surface area contributed by atoms with Gasteiger partial charge in [-0.15, -0.1) is 0 Å². The minimum absolute atomic E-state index is 0.0219. The molecule has 0 amide bonds. The Balaban J connectivity index is 1.88. The highest BCUT2D eigenvalue weighted by Gasteiger charge is 2.53. The highest BCUT2D eigenvalue weighted by Crippen LogP contribution is 2.34. The number of alkyl halides is 3. The highest BCUT2D eigenvalue weighted by atomic mass is 19.4. The minimum Gasteiger partial charge on any atom is -0.375 e. The van der Waals surface area contributed by atoms with Crippen molar-refractivity contribution in [3.8, 4) is 0 Å². The van der Waals surface area contributed by atoms with E-state index < -0.39 is 11.9 Å². The zero-order valence-electron chi connectivity index (χ0n) is 12.6. The fraction of sp³-hybridized carbons (Fsp3) is 1.00. The standard InChI is InChI=1S/C15H26F3NO2/c1-2-14(20,15(16,17)18)19-11-6-5-9-13(10-11)21-12-7-3-4-8-12/h11-13,19-20H,2-10H2,1H3. The van der Waals surface area contributed by atoms with Crippen LogP contribution in [0.5, 0.6) is 0 Å². The van der Waals surface area contributed by atoms with Gasteiger partial charge in [-0.1, -0.05) is 19.8 Å². The Morgan fingerprint density at radius 1 is 1.05 bits per heavy atom. The van der Waals surface area contributed by atoms with Crippen LogP contribution < -0.4 is 5.32 Å². The molecule has 2 aliphatic carbocycles. The summed E-state index contributed by atoms with van der Waals surface area (Å²) in [7, 11) is 0. The summed E-state index contributed by atoms with van der Waals surface area (Å²) in [5.41, 5.74) is -2.78. The van der Waals surface area contributed by atoms with Gasteiger partial charge in [0.25, 0.3) is 0 Å². The number of aliphatic hydroxyl groups is 1. The van der Waals surface area contributed by atoms with Crippen LogP contribution in [0.4, 0.5) is 13.2 Å². The molecule has 0 aromatic carbocycles. The summed E-state index contributed by atoms with van der Waals surface area (Å²) in [4.78, 5) is 0. The molecule has 0 spiro atoms. The molecule has 0 saturated heterocycles. The number of rotatable bonds is 5. The van der Waals surface area contributed by atoms with Crippen molar-refractivity contribution >= 4 is 0 Å². The van der Waals surface area contributed by atoms with Crippen molar-refractivity contribution in [1.82, 2.24) is 5.32 Å². The van der Waals surface area contributed by atoms with Crippen molar-refractivity contribution in [2.75, 3.05) is 0 Å². The van der Waals surface area contributed by atoms with Gasteiger partial charge in [0.15, 0.2) is 0 Å². The van der Waals surface area contributed by atoms with E-state index in [1.165, 1.54) is 19.8 Å². The smallest absolute Gasteiger partial charge is 0.375 e. The molecule has 0 bridgehead atoms. The fourth-order valence-corrected chi connectivity index (χ4v) is 3.42. The SMILES string of the molecule is CCC(O)(NC1CCCC(OC2CCCC2)C1)C(F)(F)F. The quantitative estimate of drug-likeness (QED) is 0.764. The molecule has 3 unspecified atom stereocenters. The molecule has 0 aliphatic heterocycles. The Labute approximate surface area is 124 Å². The van der Waals surface area contributed by atoms with Crippen molar-refractivity contribution in [3.63, 3.8) is 0 Å². The third-order valence-corrected chi connectivity index (χ3v) is 4.74. The van der Waals surface area contributed by atoms with Crippen LogP contribution in [0.25, 0.3) is 0 Å². The summed E-state index contributed by atoms with van der Waals surface area (Å²) >= 11 is 0. The first-order valence-electron chi connectivity index (χ1n) is 8.06. The molecular weight excluding hydrogens is 283 g/mol. The molecule has 2 N–H and O–H groups in total. The van der Waals surface area contributed by atoms with E-state index in [2.05, 4.69) is 5.32 Å². The normalized spacial score (nSPS) is 31.3. The van der Waals surface area contributed by atoms with Crippen LogP contribution in [0.1, 0.15) is 64.7 Å². The predicted molar refractivity (Wildman–Crippen MR) is 73.8 cm³/mol. The zero-order chi connectivity index (χ0) is 15.5. The van der Waals surface area contributed by atoms with Crippen LogP contribution >= 0.6 is 0 Å². The van der Waals surface area contributed by atoms with Crippen LogP contribution in [0, 0.1) is 0 Å². The average molecular weight is 309 g/mol. The van der Waals surface area contributed by atoms with E-state index in [1.54, 1.807) is 0 Å². The van der Waals surface area contributed by atoms with E-state index in [9.17, 15) is 18.3 Å². The molecule has 0 heterocycles. The van der Waals surface area contributed by atoms with Crippen molar-refractivity contribution in [2.24, 2.45) is 0 Å². The lowest BCUT2D eigenvalue weighted by Gasteiger charge is -2.38. The molecule has 0 radical (unpaired) electrons. The van der Waals surface area contributed by atoms with Gasteiger partial charge in [0.05, 0.1) is 12.2 Å². The molecule has 2 fully saturated rings. The maximum absolute atomic E-state index is 12.9.